The fourth-order valence-electron chi connectivity index (χ4n) is 5.14. The average Bonchev–Trinajstić information content (AvgIpc) is 3.92. The van der Waals surface area contributed by atoms with Gasteiger partial charge in [0.05, 0.1) is 26.4 Å². The van der Waals surface area contributed by atoms with Gasteiger partial charge in [0.1, 0.15) is 16.8 Å². The number of hydrogen-bond donors (Lipinski definition) is 4. The highest BCUT2D eigenvalue weighted by Crippen LogP contribution is 2.21. The highest BCUT2D eigenvalue weighted by molar-refractivity contribution is 7.89. The van der Waals surface area contributed by atoms with E-state index < -0.39 is 50.6 Å². The summed E-state index contributed by atoms with van der Waals surface area (Å²) >= 11 is 9.53. The summed E-state index contributed by atoms with van der Waals surface area (Å²) in [5, 5.41) is 8.04. The number of amides is 2. The van der Waals surface area contributed by atoms with Crippen LogP contribution in [0.1, 0.15) is 67.0 Å². The van der Waals surface area contributed by atoms with E-state index in [1.807, 2.05) is 39.1 Å². The smallest absolute Gasteiger partial charge is 0.407 e. The van der Waals surface area contributed by atoms with Crippen LogP contribution in [0.5, 0.6) is 0 Å². The van der Waals surface area contributed by atoms with Crippen LogP contribution in [0, 0.1) is 0 Å². The molecule has 17 nitrogen and oxygen atoms in total. The molecule has 6 aromatic heterocycles. The quantitative estimate of drug-likeness (QED) is 0.115. The van der Waals surface area contributed by atoms with E-state index in [1.165, 1.54) is 18.6 Å². The Kier molecular flexibility index (Phi) is 20.4. The number of alkyl carbamates (subject to hydrolysis) is 2. The summed E-state index contributed by atoms with van der Waals surface area (Å²) < 4.78 is 74.3. The predicted molar refractivity (Wildman–Crippen MR) is 240 cm³/mol. The first-order valence-electron chi connectivity index (χ1n) is 18.4. The van der Waals surface area contributed by atoms with Gasteiger partial charge in [0.25, 0.3) is 0 Å². The Morgan fingerprint density at radius 2 is 1.13 bits per heavy atom. The van der Waals surface area contributed by atoms with Gasteiger partial charge < -0.3 is 30.8 Å². The molecule has 0 spiro atoms. The number of aromatic amines is 1. The van der Waals surface area contributed by atoms with E-state index in [-0.39, 0.29) is 19.3 Å². The molecular formula is C39H56Cl2FN9O8S2. The summed E-state index contributed by atoms with van der Waals surface area (Å²) in [6.45, 7) is 11.9. The van der Waals surface area contributed by atoms with E-state index in [0.29, 0.717) is 29.8 Å². The first-order valence-corrected chi connectivity index (χ1v) is 22.5. The van der Waals surface area contributed by atoms with Crippen LogP contribution in [-0.4, -0.2) is 93.1 Å². The standard InChI is InChI=1S/C14H19N3O4S.C13H17N3O2.C9H11N3O2S.CH2Cl2.CH3F.CH4/c1-14(2,3)21-13(18)16-9-10-5-7-15-12-11(10)6-8-17(12)22(4,19)20;1-13(2,3)18-12(17)16-8-9-4-6-14-11-10(9)5-7-15-11;1-15(13,14)12-5-3-8-7(6-10)2-4-11-9(8)12;2-1-3;1-2;/h5-8H,9H2,1-4H3,(H,16,18);4-7H,8H2,1-3H3,(H,14,15)(H,16,17);2-5H,6,10H2,1H3;1H2;1H3;1H4/i;;;;1D;. The van der Waals surface area contributed by atoms with Crippen LogP contribution in [0.2, 0.25) is 0 Å². The molecule has 0 saturated carbocycles. The molecule has 0 saturated heterocycles. The van der Waals surface area contributed by atoms with Crippen LogP contribution in [0.25, 0.3) is 33.1 Å². The second-order valence-corrected chi connectivity index (χ2v) is 18.9. The van der Waals surface area contributed by atoms with Crippen molar-refractivity contribution in [3.63, 3.8) is 0 Å². The van der Waals surface area contributed by atoms with Crippen molar-refractivity contribution >= 4 is 88.5 Å². The monoisotopic (exact) mass is 932 g/mol. The zero-order chi connectivity index (χ0) is 46.2. The third kappa shape index (κ3) is 17.1. The molecule has 0 unspecified atom stereocenters. The summed E-state index contributed by atoms with van der Waals surface area (Å²) in [4.78, 5) is 38.6. The van der Waals surface area contributed by atoms with E-state index in [1.54, 1.807) is 57.4 Å². The zero-order valence-electron chi connectivity index (χ0n) is 35.5. The number of H-pyrrole nitrogens is 1. The van der Waals surface area contributed by atoms with Gasteiger partial charge in [-0.2, -0.15) is 0 Å². The lowest BCUT2D eigenvalue weighted by atomic mass is 10.2. The molecule has 2 amide bonds. The minimum atomic E-state index is -3.42. The summed E-state index contributed by atoms with van der Waals surface area (Å²) in [5.74, 6) is 0. The third-order valence-corrected chi connectivity index (χ3v) is 9.44. The molecule has 0 radical (unpaired) electrons. The number of hydrogen-bond acceptors (Lipinski definition) is 12. The van der Waals surface area contributed by atoms with Gasteiger partial charge in [-0.15, -0.1) is 23.2 Å². The number of pyridine rings is 3. The molecule has 0 atom stereocenters. The number of rotatable bonds is 7. The van der Waals surface area contributed by atoms with E-state index in [0.717, 1.165) is 53.6 Å². The lowest BCUT2D eigenvalue weighted by Crippen LogP contribution is -2.32. The van der Waals surface area contributed by atoms with Gasteiger partial charge in [-0.25, -0.2) is 49.3 Å². The third-order valence-electron chi connectivity index (χ3n) is 7.42. The summed E-state index contributed by atoms with van der Waals surface area (Å²) in [6, 6.07) is 10.7. The maximum atomic E-state index is 11.7. The molecule has 0 aliphatic heterocycles. The second kappa shape index (κ2) is 23.8. The fraction of sp³-hybridized carbons (Fsp3) is 0.410. The lowest BCUT2D eigenvalue weighted by Gasteiger charge is -2.19. The Balaban J connectivity index is 0.000000439. The first kappa shape index (κ1) is 52.1. The van der Waals surface area contributed by atoms with Crippen LogP contribution < -0.4 is 16.4 Å². The topological polar surface area (TPSA) is 235 Å². The molecule has 0 aromatic carbocycles. The predicted octanol–water partition coefficient (Wildman–Crippen LogP) is 7.40. The normalized spacial score (nSPS) is 11.4. The van der Waals surface area contributed by atoms with Crippen LogP contribution in [0.15, 0.2) is 73.6 Å². The molecule has 0 aliphatic carbocycles. The minimum Gasteiger partial charge on any atom is -0.444 e. The number of ether oxygens (including phenoxy) is 2. The molecule has 338 valence electrons. The molecule has 0 aliphatic rings. The van der Waals surface area contributed by atoms with Crippen molar-refractivity contribution < 1.29 is 41.7 Å². The largest absolute Gasteiger partial charge is 0.444 e. The Labute approximate surface area is 368 Å². The Morgan fingerprint density at radius 3 is 1.52 bits per heavy atom. The van der Waals surface area contributed by atoms with Crippen molar-refractivity contribution in [1.82, 2.24) is 38.5 Å². The Bertz CT molecular complexity index is 2570. The summed E-state index contributed by atoms with van der Waals surface area (Å²) in [5.41, 5.74) is 8.74. The average molecular weight is 934 g/mol. The van der Waals surface area contributed by atoms with E-state index in [4.69, 9.17) is 39.8 Å². The molecular weight excluding hydrogens is 877 g/mol. The maximum absolute atomic E-state index is 11.7. The van der Waals surface area contributed by atoms with E-state index >= 15 is 0 Å². The van der Waals surface area contributed by atoms with Crippen molar-refractivity contribution in [2.24, 2.45) is 5.73 Å². The number of fused-ring (bicyclic) bond motifs is 3. The molecule has 6 rings (SSSR count). The lowest BCUT2D eigenvalue weighted by molar-refractivity contribution is 0.0512. The number of alkyl halides is 3. The molecule has 6 aromatic rings. The van der Waals surface area contributed by atoms with Gasteiger partial charge >= 0.3 is 12.2 Å². The van der Waals surface area contributed by atoms with Gasteiger partial charge in [-0.1, -0.05) is 7.43 Å². The molecule has 22 heteroatoms. The maximum Gasteiger partial charge on any atom is 0.407 e. The number of nitrogens with one attached hydrogen (secondary N) is 3. The molecule has 6 heterocycles. The Morgan fingerprint density at radius 1 is 0.754 bits per heavy atom. The fourth-order valence-corrected chi connectivity index (χ4v) is 6.63. The summed E-state index contributed by atoms with van der Waals surface area (Å²) in [6.07, 6.45) is 10.9. The van der Waals surface area contributed by atoms with E-state index in [9.17, 15) is 30.8 Å². The number of aromatic nitrogens is 6. The Hall–Kier alpha value is -5.02. The highest BCUT2D eigenvalue weighted by Gasteiger charge is 2.18. The van der Waals surface area contributed by atoms with Crippen LogP contribution >= 0.6 is 23.2 Å². The molecule has 61 heavy (non-hydrogen) atoms. The van der Waals surface area contributed by atoms with Crippen molar-refractivity contribution in [3.05, 3.63) is 90.3 Å². The summed E-state index contributed by atoms with van der Waals surface area (Å²) in [7, 11) is -7.71. The second-order valence-electron chi connectivity index (χ2n) is 14.4. The minimum absolute atomic E-state index is 0. The van der Waals surface area contributed by atoms with Gasteiger partial charge in [-0.3, -0.25) is 4.39 Å². The van der Waals surface area contributed by atoms with Crippen molar-refractivity contribution in [2.75, 3.05) is 25.0 Å². The number of carbonyl (C=O) groups excluding carboxylic acids is 2. The molecule has 0 fully saturated rings. The van der Waals surface area contributed by atoms with Gasteiger partial charge in [0, 0.05) is 73.0 Å². The molecule has 0 bridgehead atoms. The van der Waals surface area contributed by atoms with Gasteiger partial charge in [0.2, 0.25) is 20.0 Å². The van der Waals surface area contributed by atoms with Gasteiger partial charge in [0.15, 0.2) is 11.3 Å². The number of nitrogens with zero attached hydrogens (tertiary/aromatic N) is 5. The van der Waals surface area contributed by atoms with Crippen molar-refractivity contribution in [1.29, 1.82) is 0 Å². The number of carbonyl (C=O) groups is 2. The first-order chi connectivity index (χ1) is 28.4. The van der Waals surface area contributed by atoms with Crippen LogP contribution in [-0.2, 0) is 49.2 Å². The van der Waals surface area contributed by atoms with Crippen LogP contribution in [0.4, 0.5) is 14.0 Å². The van der Waals surface area contributed by atoms with Gasteiger partial charge in [-0.05, 0) is 94.6 Å². The van der Waals surface area contributed by atoms with Crippen molar-refractivity contribution in [3.8, 4) is 0 Å². The highest BCUT2D eigenvalue weighted by atomic mass is 35.5. The van der Waals surface area contributed by atoms with E-state index in [2.05, 4.69) is 30.6 Å². The SMILES string of the molecule is C.CC(C)(C)OC(=O)NCc1ccnc2[nH]ccc12.CC(C)(C)OC(=O)NCc1ccnc2c1ccn2S(C)(=O)=O.CS(=O)(=O)n1ccc2c(CN)ccnc21.ClCCl.[2H]CF. The number of nitrogens with two attached hydrogens (primary N) is 1. The van der Waals surface area contributed by atoms with Crippen molar-refractivity contribution in [2.45, 2.75) is 79.8 Å². The van der Waals surface area contributed by atoms with Crippen LogP contribution in [0.3, 0.4) is 0 Å². The zero-order valence-corrected chi connectivity index (χ0v) is 37.6. The molecule has 5 N–H and O–H groups in total. The number of halogens is 3.